The summed E-state index contributed by atoms with van der Waals surface area (Å²) in [4.78, 5) is 43.5. The monoisotopic (exact) mass is 597 g/mol. The highest BCUT2D eigenvalue weighted by atomic mass is 35.5. The van der Waals surface area contributed by atoms with Gasteiger partial charge in [0.15, 0.2) is 0 Å². The molecule has 1 atom stereocenters. The van der Waals surface area contributed by atoms with Gasteiger partial charge in [-0.15, -0.1) is 0 Å². The van der Waals surface area contributed by atoms with E-state index >= 15 is 0 Å². The lowest BCUT2D eigenvalue weighted by Crippen LogP contribution is -2.50. The van der Waals surface area contributed by atoms with E-state index in [1.165, 1.54) is 35.2 Å². The number of aliphatic imine (C=N–C) groups is 1. The average Bonchev–Trinajstić information content (AvgIpc) is 3.15. The third kappa shape index (κ3) is 6.96. The summed E-state index contributed by atoms with van der Waals surface area (Å²) in [5.74, 6) is -2.07. The van der Waals surface area contributed by atoms with E-state index in [2.05, 4.69) is 5.32 Å². The molecule has 0 radical (unpaired) electrons. The lowest BCUT2D eigenvalue weighted by Gasteiger charge is -2.44. The Kier molecular flexibility index (Phi) is 9.09. The Hall–Kier alpha value is -3.11. The van der Waals surface area contributed by atoms with Crippen molar-refractivity contribution < 1.29 is 32.7 Å². The van der Waals surface area contributed by atoms with Gasteiger partial charge in [0.25, 0.3) is 11.8 Å². The summed E-state index contributed by atoms with van der Waals surface area (Å²) in [7, 11) is 0. The summed E-state index contributed by atoms with van der Waals surface area (Å²) in [6, 6.07) is 9.66. The van der Waals surface area contributed by atoms with E-state index in [9.17, 15) is 27.6 Å². The number of carbonyl (C=O) groups is 3. The van der Waals surface area contributed by atoms with Crippen LogP contribution in [0.15, 0.2) is 47.5 Å². The van der Waals surface area contributed by atoms with Gasteiger partial charge >= 0.3 is 12.1 Å². The number of alkyl halides is 3. The molecule has 0 bridgehead atoms. The van der Waals surface area contributed by atoms with Crippen LogP contribution in [0.3, 0.4) is 0 Å². The predicted molar refractivity (Wildman–Crippen MR) is 145 cm³/mol. The quantitative estimate of drug-likeness (QED) is 0.341. The van der Waals surface area contributed by atoms with Crippen molar-refractivity contribution in [1.29, 1.82) is 0 Å². The third-order valence-electron chi connectivity index (χ3n) is 7.18. The van der Waals surface area contributed by atoms with Gasteiger partial charge < -0.3 is 15.3 Å². The van der Waals surface area contributed by atoms with Gasteiger partial charge in [-0.1, -0.05) is 41.8 Å². The number of aliphatic carboxylic acids is 1. The second-order valence-corrected chi connectivity index (χ2v) is 10.9. The van der Waals surface area contributed by atoms with Crippen LogP contribution in [0, 0.1) is 0 Å². The molecule has 1 unspecified atom stereocenters. The highest BCUT2D eigenvalue weighted by Gasteiger charge is 2.51. The van der Waals surface area contributed by atoms with Crippen molar-refractivity contribution in [3.05, 3.63) is 69.2 Å². The van der Waals surface area contributed by atoms with Crippen molar-refractivity contribution in [2.45, 2.75) is 69.2 Å². The molecule has 4 rings (SSSR count). The van der Waals surface area contributed by atoms with Crippen molar-refractivity contribution in [2.75, 3.05) is 6.54 Å². The third-order valence-corrected chi connectivity index (χ3v) is 7.61. The summed E-state index contributed by atoms with van der Waals surface area (Å²) >= 11 is 12.4. The predicted octanol–water partition coefficient (Wildman–Crippen LogP) is 6.57. The number of halogens is 5. The topological polar surface area (TPSA) is 99.1 Å². The van der Waals surface area contributed by atoms with E-state index in [1.54, 1.807) is 12.1 Å². The normalized spacial score (nSPS) is 17.6. The van der Waals surface area contributed by atoms with Crippen LogP contribution in [0.4, 0.5) is 13.2 Å². The highest BCUT2D eigenvalue weighted by Crippen LogP contribution is 2.46. The molecule has 1 aliphatic heterocycles. The zero-order valence-electron chi connectivity index (χ0n) is 21.4. The Balaban J connectivity index is 1.70. The molecule has 1 heterocycles. The fourth-order valence-corrected chi connectivity index (χ4v) is 5.91. The van der Waals surface area contributed by atoms with Gasteiger partial charge in [0.1, 0.15) is 11.4 Å². The molecule has 1 spiro atoms. The van der Waals surface area contributed by atoms with Gasteiger partial charge in [0.05, 0.1) is 12.5 Å². The number of rotatable bonds is 9. The molecule has 2 aliphatic rings. The molecule has 2 aromatic rings. The summed E-state index contributed by atoms with van der Waals surface area (Å²) < 4.78 is 40.4. The number of nitrogens with one attached hydrogen (secondary N) is 1. The van der Waals surface area contributed by atoms with E-state index in [1.807, 2.05) is 0 Å². The van der Waals surface area contributed by atoms with Gasteiger partial charge in [0, 0.05) is 34.1 Å². The number of hydrogen-bond donors (Lipinski definition) is 2. The summed E-state index contributed by atoms with van der Waals surface area (Å²) in [5.41, 5.74) is 0.151. The van der Waals surface area contributed by atoms with Gasteiger partial charge in [-0.2, -0.15) is 13.2 Å². The van der Waals surface area contributed by atoms with E-state index in [4.69, 9.17) is 33.3 Å². The largest absolute Gasteiger partial charge is 0.481 e. The molecule has 1 saturated carbocycles. The van der Waals surface area contributed by atoms with Crippen LogP contribution < -0.4 is 5.32 Å². The summed E-state index contributed by atoms with van der Waals surface area (Å²) in [5, 5.41) is 11.9. The zero-order chi connectivity index (χ0) is 29.1. The number of hydrogen-bond acceptors (Lipinski definition) is 4. The highest BCUT2D eigenvalue weighted by molar-refractivity contribution is 6.47. The minimum absolute atomic E-state index is 0.0669. The Morgan fingerprint density at radius 2 is 1.68 bits per heavy atom. The molecular formula is C28H28Cl2F3N3O4. The van der Waals surface area contributed by atoms with Crippen LogP contribution >= 0.6 is 23.2 Å². The van der Waals surface area contributed by atoms with Crippen LogP contribution in [-0.4, -0.2) is 51.9 Å². The zero-order valence-corrected chi connectivity index (χ0v) is 23.0. The van der Waals surface area contributed by atoms with Crippen molar-refractivity contribution in [3.63, 3.8) is 0 Å². The van der Waals surface area contributed by atoms with E-state index < -0.39 is 42.1 Å². The molecule has 2 aromatic carbocycles. The molecule has 7 nitrogen and oxygen atoms in total. The Morgan fingerprint density at radius 1 is 1.05 bits per heavy atom. The number of carbonyl (C=O) groups excluding carboxylic acids is 2. The summed E-state index contributed by atoms with van der Waals surface area (Å²) in [6.45, 7) is -0.0669. The molecule has 1 aliphatic carbocycles. The minimum atomic E-state index is -4.45. The number of benzene rings is 2. The van der Waals surface area contributed by atoms with E-state index in [0.29, 0.717) is 34.0 Å². The second kappa shape index (κ2) is 12.2. The number of carboxylic acid groups (broad SMARTS) is 1. The first kappa shape index (κ1) is 29.9. The molecule has 12 heteroatoms. The summed E-state index contributed by atoms with van der Waals surface area (Å²) in [6.07, 6.45) is -2.75. The lowest BCUT2D eigenvalue weighted by molar-refractivity contribution is -0.146. The first-order valence-corrected chi connectivity index (χ1v) is 13.7. The van der Waals surface area contributed by atoms with E-state index in [-0.39, 0.29) is 30.7 Å². The number of amides is 2. The van der Waals surface area contributed by atoms with Gasteiger partial charge in [0.2, 0.25) is 0 Å². The number of carboxylic acids is 1. The standard InChI is InChI=1S/C28H28Cl2F3N3O4/c29-20-14-19(15-21(30)16-20)24-26(40)36(27(35-24)10-2-1-3-11-27)22(8-12-28(31,32)33)17-4-6-18(7-5-17)25(39)34-13-9-23(37)38/h4-7,14-16,22H,1-3,8-13H2,(H,34,39)(H,37,38). The molecule has 0 aromatic heterocycles. The van der Waals surface area contributed by atoms with Gasteiger partial charge in [-0.05, 0) is 68.0 Å². The van der Waals surface area contributed by atoms with Crippen molar-refractivity contribution >= 4 is 46.7 Å². The van der Waals surface area contributed by atoms with Crippen LogP contribution in [-0.2, 0) is 9.59 Å². The van der Waals surface area contributed by atoms with Gasteiger partial charge in [-0.25, -0.2) is 0 Å². The maximum Gasteiger partial charge on any atom is 0.389 e. The molecule has 2 amide bonds. The molecule has 1 fully saturated rings. The maximum absolute atomic E-state index is 14.0. The Morgan fingerprint density at radius 3 is 2.25 bits per heavy atom. The minimum Gasteiger partial charge on any atom is -0.481 e. The lowest BCUT2D eigenvalue weighted by atomic mass is 9.86. The Bertz CT molecular complexity index is 1290. The fourth-order valence-electron chi connectivity index (χ4n) is 5.38. The van der Waals surface area contributed by atoms with Crippen molar-refractivity contribution in [1.82, 2.24) is 10.2 Å². The molecule has 2 N–H and O–H groups in total. The van der Waals surface area contributed by atoms with Gasteiger partial charge in [-0.3, -0.25) is 19.4 Å². The van der Waals surface area contributed by atoms with Crippen LogP contribution in [0.5, 0.6) is 0 Å². The van der Waals surface area contributed by atoms with Crippen molar-refractivity contribution in [2.24, 2.45) is 4.99 Å². The smallest absolute Gasteiger partial charge is 0.389 e. The van der Waals surface area contributed by atoms with Crippen LogP contribution in [0.1, 0.15) is 78.9 Å². The number of nitrogens with zero attached hydrogens (tertiary/aromatic N) is 2. The van der Waals surface area contributed by atoms with Crippen LogP contribution in [0.2, 0.25) is 10.0 Å². The Labute approximate surface area is 239 Å². The van der Waals surface area contributed by atoms with Crippen molar-refractivity contribution in [3.8, 4) is 0 Å². The maximum atomic E-state index is 14.0. The first-order chi connectivity index (χ1) is 18.9. The molecular weight excluding hydrogens is 570 g/mol. The molecule has 214 valence electrons. The fraction of sp³-hybridized carbons (Fsp3) is 0.429. The van der Waals surface area contributed by atoms with Crippen LogP contribution in [0.25, 0.3) is 0 Å². The first-order valence-electron chi connectivity index (χ1n) is 13.0. The molecule has 40 heavy (non-hydrogen) atoms. The van der Waals surface area contributed by atoms with E-state index in [0.717, 1.165) is 19.3 Å². The SMILES string of the molecule is O=C(O)CCNC(=O)c1ccc(C(CCC(F)(F)F)N2C(=O)C(c3cc(Cl)cc(Cl)c3)=NC23CCCCC3)cc1. The second-order valence-electron chi connectivity index (χ2n) is 10.0. The average molecular weight is 598 g/mol. The molecule has 0 saturated heterocycles.